The lowest BCUT2D eigenvalue weighted by Gasteiger charge is -2.10. The molecule has 1 atom stereocenters. The maximum absolute atomic E-state index is 13.3. The van der Waals surface area contributed by atoms with Gasteiger partial charge in [-0.2, -0.15) is 0 Å². The van der Waals surface area contributed by atoms with Gasteiger partial charge in [0, 0.05) is 28.4 Å². The second kappa shape index (κ2) is 7.83. The fourth-order valence-electron chi connectivity index (χ4n) is 2.16. The summed E-state index contributed by atoms with van der Waals surface area (Å²) in [5.74, 6) is -2.03. The number of amides is 2. The SMILES string of the molecule is Cc1cc(F)cc(NC(=O)C(=O)Nc2ccccc2CS(C)=O)c1. The molecule has 0 heterocycles. The summed E-state index contributed by atoms with van der Waals surface area (Å²) in [6, 6.07) is 10.8. The first-order chi connectivity index (χ1) is 11.3. The van der Waals surface area contributed by atoms with Crippen LogP contribution in [-0.4, -0.2) is 22.3 Å². The first kappa shape index (κ1) is 17.8. The maximum Gasteiger partial charge on any atom is 0.314 e. The molecule has 2 rings (SSSR count). The summed E-state index contributed by atoms with van der Waals surface area (Å²) in [6.07, 6.45) is 1.55. The zero-order valence-corrected chi connectivity index (χ0v) is 14.1. The van der Waals surface area contributed by atoms with Crippen LogP contribution in [0.5, 0.6) is 0 Å². The minimum absolute atomic E-state index is 0.204. The third-order valence-electron chi connectivity index (χ3n) is 3.13. The highest BCUT2D eigenvalue weighted by Gasteiger charge is 2.16. The first-order valence-electron chi connectivity index (χ1n) is 7.12. The third kappa shape index (κ3) is 4.99. The number of hydrogen-bond donors (Lipinski definition) is 2. The van der Waals surface area contributed by atoms with Crippen LogP contribution in [0.25, 0.3) is 0 Å². The molecule has 2 N–H and O–H groups in total. The van der Waals surface area contributed by atoms with Gasteiger partial charge in [0.15, 0.2) is 0 Å². The Balaban J connectivity index is 2.09. The number of rotatable bonds is 4. The maximum atomic E-state index is 13.3. The van der Waals surface area contributed by atoms with E-state index in [1.807, 2.05) is 0 Å². The van der Waals surface area contributed by atoms with E-state index in [-0.39, 0.29) is 11.4 Å². The predicted octanol–water partition coefficient (Wildman–Crippen LogP) is 2.59. The lowest BCUT2D eigenvalue weighted by molar-refractivity contribution is -0.133. The normalized spacial score (nSPS) is 11.6. The molecule has 0 bridgehead atoms. The highest BCUT2D eigenvalue weighted by atomic mass is 32.2. The van der Waals surface area contributed by atoms with Crippen LogP contribution in [-0.2, 0) is 26.1 Å². The minimum atomic E-state index is -1.08. The van der Waals surface area contributed by atoms with Crippen molar-refractivity contribution in [1.29, 1.82) is 0 Å². The van der Waals surface area contributed by atoms with Crippen molar-refractivity contribution >= 4 is 34.0 Å². The van der Waals surface area contributed by atoms with E-state index in [1.165, 1.54) is 6.07 Å². The van der Waals surface area contributed by atoms with E-state index >= 15 is 0 Å². The van der Waals surface area contributed by atoms with Gasteiger partial charge in [0.1, 0.15) is 5.82 Å². The molecule has 0 saturated heterocycles. The van der Waals surface area contributed by atoms with Crippen LogP contribution in [0.1, 0.15) is 11.1 Å². The van der Waals surface area contributed by atoms with Crippen LogP contribution in [0.2, 0.25) is 0 Å². The summed E-state index contributed by atoms with van der Waals surface area (Å²) in [5, 5.41) is 4.84. The van der Waals surface area contributed by atoms with Crippen molar-refractivity contribution < 1.29 is 18.2 Å². The predicted molar refractivity (Wildman–Crippen MR) is 92.6 cm³/mol. The van der Waals surface area contributed by atoms with Crippen molar-refractivity contribution in [2.75, 3.05) is 16.9 Å². The third-order valence-corrected chi connectivity index (χ3v) is 3.85. The number of halogens is 1. The number of carbonyl (C=O) groups is 2. The fourth-order valence-corrected chi connectivity index (χ4v) is 2.85. The molecule has 0 aromatic heterocycles. The standard InChI is InChI=1S/C17H17FN2O3S/c1-11-7-13(18)9-14(8-11)19-16(21)17(22)20-15-6-4-3-5-12(15)10-24(2)23/h3-9H,10H2,1-2H3,(H,19,21)(H,20,22). The Bertz CT molecular complexity index is 788. The monoisotopic (exact) mass is 348 g/mol. The molecule has 126 valence electrons. The van der Waals surface area contributed by atoms with Gasteiger partial charge in [0.2, 0.25) is 0 Å². The lowest BCUT2D eigenvalue weighted by atomic mass is 10.2. The molecule has 0 aliphatic heterocycles. The molecule has 0 fully saturated rings. The van der Waals surface area contributed by atoms with Gasteiger partial charge >= 0.3 is 11.8 Å². The van der Waals surface area contributed by atoms with Crippen molar-refractivity contribution in [3.63, 3.8) is 0 Å². The van der Waals surface area contributed by atoms with Crippen molar-refractivity contribution in [3.05, 3.63) is 59.4 Å². The molecule has 0 radical (unpaired) electrons. The van der Waals surface area contributed by atoms with E-state index < -0.39 is 28.4 Å². The Morgan fingerprint density at radius 3 is 2.42 bits per heavy atom. The second-order valence-corrected chi connectivity index (χ2v) is 6.74. The summed E-state index contributed by atoms with van der Waals surface area (Å²) < 4.78 is 24.7. The number of nitrogens with one attached hydrogen (secondary N) is 2. The molecule has 1 unspecified atom stereocenters. The molecular formula is C17H17FN2O3S. The summed E-state index contributed by atoms with van der Waals surface area (Å²) in [7, 11) is -1.08. The van der Waals surface area contributed by atoms with Crippen LogP contribution >= 0.6 is 0 Å². The van der Waals surface area contributed by atoms with Crippen LogP contribution in [0, 0.1) is 12.7 Å². The van der Waals surface area contributed by atoms with Crippen molar-refractivity contribution in [1.82, 2.24) is 0 Å². The molecule has 0 aliphatic rings. The molecule has 2 aromatic rings. The van der Waals surface area contributed by atoms with Gasteiger partial charge in [-0.15, -0.1) is 0 Å². The average molecular weight is 348 g/mol. The summed E-state index contributed by atoms with van der Waals surface area (Å²) in [4.78, 5) is 24.0. The van der Waals surface area contributed by atoms with E-state index in [1.54, 1.807) is 43.5 Å². The number of aryl methyl sites for hydroxylation is 1. The molecule has 7 heteroatoms. The van der Waals surface area contributed by atoms with E-state index in [2.05, 4.69) is 10.6 Å². The number of anilines is 2. The van der Waals surface area contributed by atoms with Gasteiger partial charge in [-0.25, -0.2) is 4.39 Å². The minimum Gasteiger partial charge on any atom is -0.318 e. The van der Waals surface area contributed by atoms with Crippen LogP contribution < -0.4 is 10.6 Å². The van der Waals surface area contributed by atoms with Crippen molar-refractivity contribution in [2.24, 2.45) is 0 Å². The molecule has 24 heavy (non-hydrogen) atoms. The van der Waals surface area contributed by atoms with Gasteiger partial charge in [-0.3, -0.25) is 13.8 Å². The summed E-state index contributed by atoms with van der Waals surface area (Å²) in [5.41, 5.74) is 1.92. The smallest absolute Gasteiger partial charge is 0.314 e. The van der Waals surface area contributed by atoms with E-state index in [0.29, 0.717) is 16.8 Å². The Hall–Kier alpha value is -2.54. The van der Waals surface area contributed by atoms with Crippen LogP contribution in [0.3, 0.4) is 0 Å². The Morgan fingerprint density at radius 2 is 1.75 bits per heavy atom. The van der Waals surface area contributed by atoms with Crippen LogP contribution in [0.4, 0.5) is 15.8 Å². The van der Waals surface area contributed by atoms with Gasteiger partial charge in [0.05, 0.1) is 5.75 Å². The van der Waals surface area contributed by atoms with Gasteiger partial charge in [0.25, 0.3) is 0 Å². The molecule has 2 amide bonds. The topological polar surface area (TPSA) is 75.3 Å². The summed E-state index contributed by atoms with van der Waals surface area (Å²) >= 11 is 0. The van der Waals surface area contributed by atoms with Gasteiger partial charge in [-0.1, -0.05) is 18.2 Å². The van der Waals surface area contributed by atoms with Gasteiger partial charge in [-0.05, 0) is 42.3 Å². The molecule has 0 spiro atoms. The Morgan fingerprint density at radius 1 is 1.08 bits per heavy atom. The van der Waals surface area contributed by atoms with Crippen LogP contribution in [0.15, 0.2) is 42.5 Å². The number of para-hydroxylation sites is 1. The Labute approximate surface area is 141 Å². The summed E-state index contributed by atoms with van der Waals surface area (Å²) in [6.45, 7) is 1.68. The van der Waals surface area contributed by atoms with Crippen molar-refractivity contribution in [3.8, 4) is 0 Å². The fraction of sp³-hybridized carbons (Fsp3) is 0.176. The highest BCUT2D eigenvalue weighted by molar-refractivity contribution is 7.83. The zero-order valence-electron chi connectivity index (χ0n) is 13.3. The highest BCUT2D eigenvalue weighted by Crippen LogP contribution is 2.17. The zero-order chi connectivity index (χ0) is 17.7. The molecule has 0 aliphatic carbocycles. The molecular weight excluding hydrogens is 331 g/mol. The molecule has 5 nitrogen and oxygen atoms in total. The average Bonchev–Trinajstić information content (AvgIpc) is 2.47. The second-order valence-electron chi connectivity index (χ2n) is 5.30. The number of carbonyl (C=O) groups excluding carboxylic acids is 2. The van der Waals surface area contributed by atoms with Crippen molar-refractivity contribution in [2.45, 2.75) is 12.7 Å². The van der Waals surface area contributed by atoms with E-state index in [4.69, 9.17) is 0 Å². The Kier molecular flexibility index (Phi) is 5.81. The van der Waals surface area contributed by atoms with E-state index in [9.17, 15) is 18.2 Å². The van der Waals surface area contributed by atoms with E-state index in [0.717, 1.165) is 6.07 Å². The molecule has 2 aromatic carbocycles. The lowest BCUT2D eigenvalue weighted by Crippen LogP contribution is -2.29. The number of benzene rings is 2. The largest absolute Gasteiger partial charge is 0.318 e. The van der Waals surface area contributed by atoms with Gasteiger partial charge < -0.3 is 10.6 Å². The molecule has 0 saturated carbocycles. The number of hydrogen-bond acceptors (Lipinski definition) is 3. The first-order valence-corrected chi connectivity index (χ1v) is 8.85. The quantitative estimate of drug-likeness (QED) is 0.834.